The first kappa shape index (κ1) is 8.79. The summed E-state index contributed by atoms with van der Waals surface area (Å²) < 4.78 is 10.7. The van der Waals surface area contributed by atoms with Gasteiger partial charge in [-0.05, 0) is 11.8 Å². The van der Waals surface area contributed by atoms with E-state index in [0.29, 0.717) is 17.8 Å². The summed E-state index contributed by atoms with van der Waals surface area (Å²) in [5.74, 6) is 1.03. The maximum atomic E-state index is 11.6. The molecule has 4 nitrogen and oxygen atoms in total. The van der Waals surface area contributed by atoms with Gasteiger partial charge in [-0.25, -0.2) is 0 Å². The quantitative estimate of drug-likeness (QED) is 0.477. The van der Waals surface area contributed by atoms with Crippen LogP contribution < -0.4 is 0 Å². The smallest absolute Gasteiger partial charge is 0.310 e. The third-order valence-electron chi connectivity index (χ3n) is 4.63. The summed E-state index contributed by atoms with van der Waals surface area (Å²) in [5, 5.41) is 0. The van der Waals surface area contributed by atoms with Crippen molar-refractivity contribution in [3.8, 4) is 0 Å². The molecule has 0 aromatic rings. The van der Waals surface area contributed by atoms with E-state index >= 15 is 0 Å². The fourth-order valence-corrected chi connectivity index (χ4v) is 4.19. The summed E-state index contributed by atoms with van der Waals surface area (Å²) in [7, 11) is 0. The van der Waals surface area contributed by atoms with E-state index in [1.165, 1.54) is 6.92 Å². The summed E-state index contributed by atoms with van der Waals surface area (Å²) in [6.45, 7) is 1.41. The molecule has 0 N–H and O–H groups in total. The first-order chi connectivity index (χ1) is 7.68. The van der Waals surface area contributed by atoms with Crippen molar-refractivity contribution in [1.29, 1.82) is 0 Å². The van der Waals surface area contributed by atoms with Crippen LogP contribution in [0.25, 0.3) is 0 Å². The maximum absolute atomic E-state index is 11.6. The minimum atomic E-state index is -0.289. The van der Waals surface area contributed by atoms with Gasteiger partial charge in [-0.3, -0.25) is 9.59 Å². The summed E-state index contributed by atoms with van der Waals surface area (Å²) in [6, 6.07) is 0. The van der Waals surface area contributed by atoms with Gasteiger partial charge in [-0.2, -0.15) is 0 Å². The number of rotatable bonds is 1. The first-order valence-corrected chi connectivity index (χ1v) is 5.74. The van der Waals surface area contributed by atoms with Gasteiger partial charge in [0.25, 0.3) is 0 Å². The van der Waals surface area contributed by atoms with Gasteiger partial charge in [-0.15, -0.1) is 0 Å². The predicted octanol–water partition coefficient (Wildman–Crippen LogP) is 0.521. The van der Waals surface area contributed by atoms with Crippen molar-refractivity contribution in [3.05, 3.63) is 12.2 Å². The van der Waals surface area contributed by atoms with E-state index < -0.39 is 0 Å². The van der Waals surface area contributed by atoms with Gasteiger partial charge in [0.05, 0.1) is 5.92 Å². The lowest BCUT2D eigenvalue weighted by atomic mass is 9.59. The van der Waals surface area contributed by atoms with Crippen molar-refractivity contribution in [2.45, 2.75) is 19.1 Å². The van der Waals surface area contributed by atoms with Crippen LogP contribution >= 0.6 is 0 Å². The molecule has 3 aliphatic carbocycles. The molecule has 1 aliphatic heterocycles. The van der Waals surface area contributed by atoms with Gasteiger partial charge in [0.15, 0.2) is 0 Å². The van der Waals surface area contributed by atoms with Gasteiger partial charge in [0, 0.05) is 18.8 Å². The zero-order valence-corrected chi connectivity index (χ0v) is 8.83. The molecule has 7 atom stereocenters. The number of allylic oxidation sites excluding steroid dienone is 1. The van der Waals surface area contributed by atoms with E-state index in [1.54, 1.807) is 0 Å². The summed E-state index contributed by atoms with van der Waals surface area (Å²) in [4.78, 5) is 22.7. The van der Waals surface area contributed by atoms with Crippen molar-refractivity contribution in [2.24, 2.45) is 29.6 Å². The normalized spacial score (nSPS) is 54.6. The van der Waals surface area contributed by atoms with E-state index in [1.807, 2.05) is 0 Å². The molecular weight excluding hydrogens is 208 g/mol. The highest BCUT2D eigenvalue weighted by atomic mass is 16.6. The van der Waals surface area contributed by atoms with Crippen LogP contribution in [0.4, 0.5) is 0 Å². The second kappa shape index (κ2) is 2.50. The molecule has 0 radical (unpaired) electrons. The highest BCUT2D eigenvalue weighted by Gasteiger charge is 2.73. The molecule has 1 heterocycles. The van der Waals surface area contributed by atoms with Crippen molar-refractivity contribution in [2.75, 3.05) is 0 Å². The predicted molar refractivity (Wildman–Crippen MR) is 52.0 cm³/mol. The lowest BCUT2D eigenvalue weighted by Gasteiger charge is -2.40. The second-order valence-electron chi connectivity index (χ2n) is 5.20. The summed E-state index contributed by atoms with van der Waals surface area (Å²) in [5.41, 5.74) is 0. The van der Waals surface area contributed by atoms with Crippen LogP contribution in [-0.2, 0) is 19.1 Å². The third kappa shape index (κ3) is 0.761. The molecule has 2 saturated carbocycles. The SMILES string of the molecule is CC(=O)O[C@@H]1[C@H]2C=C[C@H]3[C@H]4C(=O)O[C@@H]1[C@@H]4[C@@H]23. The monoisotopic (exact) mass is 220 g/mol. The minimum absolute atomic E-state index is 0.0387. The van der Waals surface area contributed by atoms with Gasteiger partial charge in [0.1, 0.15) is 12.2 Å². The van der Waals surface area contributed by atoms with Gasteiger partial charge in [0.2, 0.25) is 0 Å². The van der Waals surface area contributed by atoms with Crippen molar-refractivity contribution in [3.63, 3.8) is 0 Å². The minimum Gasteiger partial charge on any atom is -0.458 e. The van der Waals surface area contributed by atoms with Gasteiger partial charge >= 0.3 is 11.9 Å². The standard InChI is InChI=1S/C12H12O4/c1-4(13)15-10-6-3-2-5-7(6)9-8(5)12(14)16-11(9)10/h2-3,5-11H,1H3/t5-,6+,7-,8-,9-,10-,11-/m1/s1. The second-order valence-corrected chi connectivity index (χ2v) is 5.20. The molecule has 0 aromatic carbocycles. The molecular formula is C12H12O4. The molecule has 4 heteroatoms. The number of hydrogen-bond donors (Lipinski definition) is 0. The molecule has 4 aliphatic rings. The number of hydrogen-bond acceptors (Lipinski definition) is 4. The Labute approximate surface area is 92.6 Å². The number of carbonyl (C=O) groups is 2. The topological polar surface area (TPSA) is 52.6 Å². The largest absolute Gasteiger partial charge is 0.458 e. The lowest BCUT2D eigenvalue weighted by Crippen LogP contribution is -2.44. The molecule has 3 fully saturated rings. The molecule has 0 bridgehead atoms. The van der Waals surface area contributed by atoms with E-state index in [-0.39, 0.29) is 36.0 Å². The molecule has 0 unspecified atom stereocenters. The molecule has 4 rings (SSSR count). The Hall–Kier alpha value is -1.32. The van der Waals surface area contributed by atoms with Crippen LogP contribution in [0, 0.1) is 29.6 Å². The van der Waals surface area contributed by atoms with Crippen molar-refractivity contribution < 1.29 is 19.1 Å². The average Bonchev–Trinajstić information content (AvgIpc) is 2.69. The Balaban J connectivity index is 1.73. The zero-order valence-electron chi connectivity index (χ0n) is 8.83. The number of fused-ring (bicyclic) bond motifs is 1. The number of ether oxygens (including phenoxy) is 2. The van der Waals surface area contributed by atoms with Crippen molar-refractivity contribution >= 4 is 11.9 Å². The van der Waals surface area contributed by atoms with Crippen LogP contribution in [-0.4, -0.2) is 24.1 Å². The zero-order chi connectivity index (χ0) is 11.0. The van der Waals surface area contributed by atoms with Crippen LogP contribution in [0.3, 0.4) is 0 Å². The van der Waals surface area contributed by atoms with Crippen LogP contribution in [0.1, 0.15) is 6.92 Å². The lowest BCUT2D eigenvalue weighted by molar-refractivity contribution is -0.163. The fourth-order valence-electron chi connectivity index (χ4n) is 4.19. The van der Waals surface area contributed by atoms with Gasteiger partial charge < -0.3 is 9.47 Å². The number of carbonyl (C=O) groups excluding carboxylic acids is 2. The Morgan fingerprint density at radius 3 is 2.81 bits per heavy atom. The first-order valence-electron chi connectivity index (χ1n) is 5.74. The van der Waals surface area contributed by atoms with Gasteiger partial charge in [-0.1, -0.05) is 12.2 Å². The number of esters is 2. The van der Waals surface area contributed by atoms with Crippen LogP contribution in [0.2, 0.25) is 0 Å². The third-order valence-corrected chi connectivity index (χ3v) is 4.63. The Kier molecular flexibility index (Phi) is 1.37. The molecule has 1 saturated heterocycles. The highest BCUT2D eigenvalue weighted by Crippen LogP contribution is 2.66. The molecule has 0 spiro atoms. The molecule has 16 heavy (non-hydrogen) atoms. The highest BCUT2D eigenvalue weighted by molar-refractivity contribution is 5.79. The van der Waals surface area contributed by atoms with E-state index in [4.69, 9.17) is 9.47 Å². The Morgan fingerprint density at radius 1 is 1.31 bits per heavy atom. The van der Waals surface area contributed by atoms with E-state index in [2.05, 4.69) is 12.2 Å². The average molecular weight is 220 g/mol. The molecule has 0 amide bonds. The fraction of sp³-hybridized carbons (Fsp3) is 0.667. The van der Waals surface area contributed by atoms with E-state index in [0.717, 1.165) is 0 Å². The maximum Gasteiger partial charge on any atom is 0.310 e. The summed E-state index contributed by atoms with van der Waals surface area (Å²) in [6.07, 6.45) is 3.79. The van der Waals surface area contributed by atoms with Crippen molar-refractivity contribution in [1.82, 2.24) is 0 Å². The Morgan fingerprint density at radius 2 is 2.06 bits per heavy atom. The summed E-state index contributed by atoms with van der Waals surface area (Å²) >= 11 is 0. The van der Waals surface area contributed by atoms with E-state index in [9.17, 15) is 9.59 Å². The molecule has 0 aromatic heterocycles. The van der Waals surface area contributed by atoms with Crippen LogP contribution in [0.5, 0.6) is 0 Å². The Bertz CT molecular complexity index is 427. The molecule has 84 valence electrons. The van der Waals surface area contributed by atoms with Crippen LogP contribution in [0.15, 0.2) is 12.2 Å².